The van der Waals surface area contributed by atoms with Gasteiger partial charge in [0, 0.05) is 60.1 Å². The molecule has 0 fully saturated rings. The van der Waals surface area contributed by atoms with Gasteiger partial charge < -0.3 is 0 Å². The van der Waals surface area contributed by atoms with Crippen molar-refractivity contribution in [3.63, 3.8) is 0 Å². The second kappa shape index (κ2) is 5.88. The van der Waals surface area contributed by atoms with Crippen molar-refractivity contribution in [2.45, 2.75) is 62.8 Å². The van der Waals surface area contributed by atoms with E-state index in [2.05, 4.69) is 69.2 Å². The lowest BCUT2D eigenvalue weighted by molar-refractivity contribution is 1.34. The quantitative estimate of drug-likeness (QED) is 0.651. The zero-order valence-electron chi connectivity index (χ0n) is 13.0. The fraction of sp³-hybridized carbons (Fsp3) is 1.00. The lowest BCUT2D eigenvalue weighted by atomic mass is 11.7. The van der Waals surface area contributed by atoms with Crippen molar-refractivity contribution in [3.05, 3.63) is 0 Å². The van der Waals surface area contributed by atoms with E-state index in [0.29, 0.717) is 3.91 Å². The lowest BCUT2D eigenvalue weighted by Gasteiger charge is -2.60. The van der Waals surface area contributed by atoms with Crippen molar-refractivity contribution in [2.24, 2.45) is 0 Å². The Morgan fingerprint density at radius 1 is 0.647 bits per heavy atom. The van der Waals surface area contributed by atoms with E-state index >= 15 is 0 Å². The average Bonchev–Trinajstić information content (AvgIpc) is 2.27. The molecule has 9 radical (unpaired) electrons. The van der Waals surface area contributed by atoms with Crippen molar-refractivity contribution < 1.29 is 0 Å². The van der Waals surface area contributed by atoms with Crippen LogP contribution in [0.15, 0.2) is 0 Å². The van der Waals surface area contributed by atoms with Gasteiger partial charge in [0.05, 0.1) is 0 Å². The zero-order chi connectivity index (χ0) is 14.1. The Hall–Kier alpha value is 1.52. The van der Waals surface area contributed by atoms with E-state index < -0.39 is 22.8 Å². The molecule has 0 aliphatic carbocycles. The Balaban J connectivity index is 5.88. The first-order valence-electron chi connectivity index (χ1n) is 6.25. The summed E-state index contributed by atoms with van der Waals surface area (Å²) in [6.07, 6.45) is 0. The van der Waals surface area contributed by atoms with Gasteiger partial charge in [0.2, 0.25) is 0 Å². The normalized spacial score (nSPS) is 15.2. The largest absolute Gasteiger partial charge is 0.0754 e. The third-order valence-corrected chi connectivity index (χ3v) is 52.3. The van der Waals surface area contributed by atoms with E-state index in [0.717, 1.165) is 27.1 Å². The fourth-order valence-electron chi connectivity index (χ4n) is 2.91. The summed E-state index contributed by atoms with van der Waals surface area (Å²) >= 11 is 0. The van der Waals surface area contributed by atoms with Crippen molar-refractivity contribution >= 4 is 60.1 Å². The molecule has 0 aliphatic heterocycles. The summed E-state index contributed by atoms with van der Waals surface area (Å²) < 4.78 is 0.598. The third kappa shape index (κ3) is 3.00. The van der Waals surface area contributed by atoms with Crippen LogP contribution in [-0.4, -0.2) is 60.1 Å². The van der Waals surface area contributed by atoms with Crippen LogP contribution < -0.4 is 0 Å². The van der Waals surface area contributed by atoms with Crippen LogP contribution in [0.1, 0.15) is 0 Å². The van der Waals surface area contributed by atoms with Gasteiger partial charge in [0.25, 0.3) is 0 Å². The molecule has 0 amide bonds. The highest BCUT2D eigenvalue weighted by Crippen LogP contribution is 2.49. The molecule has 0 nitrogen and oxygen atoms in total. The molecule has 17 heavy (non-hydrogen) atoms. The molecule has 0 aromatic rings. The highest BCUT2D eigenvalue weighted by atomic mass is 29.3. The Morgan fingerprint density at radius 2 is 0.824 bits per heavy atom. The molecular formula is C10H27Si7. The van der Waals surface area contributed by atoms with Crippen molar-refractivity contribution in [1.82, 2.24) is 0 Å². The van der Waals surface area contributed by atoms with Gasteiger partial charge in [-0.05, 0) is 0 Å². The lowest BCUT2D eigenvalue weighted by Crippen LogP contribution is -2.74. The average molecular weight is 344 g/mol. The molecule has 7 heteroatoms. The van der Waals surface area contributed by atoms with Crippen LogP contribution in [0.4, 0.5) is 0 Å². The molecule has 0 aromatic carbocycles. The highest BCUT2D eigenvalue weighted by Gasteiger charge is 2.59. The Morgan fingerprint density at radius 3 is 0.941 bits per heavy atom. The summed E-state index contributed by atoms with van der Waals surface area (Å²) in [5.74, 6) is 0. The maximum Gasteiger partial charge on any atom is 0.0327 e. The Kier molecular flexibility index (Phi) is 6.40. The molecule has 0 aliphatic rings. The summed E-state index contributed by atoms with van der Waals surface area (Å²) in [5.41, 5.74) is 0. The fourth-order valence-corrected chi connectivity index (χ4v) is 56.5. The molecule has 0 rings (SSSR count). The summed E-state index contributed by atoms with van der Waals surface area (Å²) in [6.45, 7) is 23.2. The molecule has 0 spiro atoms. The molecular weight excluding hydrogens is 317 g/mol. The van der Waals surface area contributed by atoms with Gasteiger partial charge in [-0.15, -0.1) is 0 Å². The van der Waals surface area contributed by atoms with Gasteiger partial charge in [0.15, 0.2) is 0 Å². The van der Waals surface area contributed by atoms with Gasteiger partial charge in [0.1, 0.15) is 0 Å². The van der Waals surface area contributed by atoms with Crippen LogP contribution in [0, 0.1) is 0 Å². The first-order valence-corrected chi connectivity index (χ1v) is 23.2. The molecule has 0 unspecified atom stereocenters. The molecule has 0 saturated carbocycles. The van der Waals surface area contributed by atoms with E-state index in [1.807, 2.05) is 0 Å². The molecule has 0 bridgehead atoms. The van der Waals surface area contributed by atoms with Crippen LogP contribution in [0.3, 0.4) is 0 Å². The predicted octanol–water partition coefficient (Wildman–Crippen LogP) is 2.80. The number of hydrogen-bond donors (Lipinski definition) is 0. The first kappa shape index (κ1) is 18.5. The van der Waals surface area contributed by atoms with Gasteiger partial charge >= 0.3 is 0 Å². The topological polar surface area (TPSA) is 0 Å². The van der Waals surface area contributed by atoms with Crippen molar-refractivity contribution in [3.8, 4) is 0 Å². The van der Waals surface area contributed by atoms with E-state index in [-0.39, 0.29) is 0 Å². The first-order chi connectivity index (χ1) is 7.43. The standard InChI is InChI=1S/C10H27Si7/c1-12-15(4,5)10(11,16(6,7)13-2)17(8,9)14-3/h1-9H3. The van der Waals surface area contributed by atoms with Gasteiger partial charge in [-0.25, -0.2) is 0 Å². The van der Waals surface area contributed by atoms with Crippen LogP contribution in [0.25, 0.3) is 0 Å². The predicted molar refractivity (Wildman–Crippen MR) is 95.7 cm³/mol. The van der Waals surface area contributed by atoms with E-state index in [9.17, 15) is 0 Å². The second-order valence-corrected chi connectivity index (χ2v) is 39.4. The second-order valence-electron chi connectivity index (χ2n) is 6.38. The smallest absolute Gasteiger partial charge is 0.0327 e. The minimum absolute atomic E-state index is 0.598. The van der Waals surface area contributed by atoms with Gasteiger partial charge in [-0.1, -0.05) is 62.8 Å². The van der Waals surface area contributed by atoms with Crippen LogP contribution in [-0.2, 0) is 0 Å². The summed E-state index contributed by atoms with van der Waals surface area (Å²) in [4.78, 5) is 0. The number of rotatable bonds is 6. The van der Waals surface area contributed by atoms with E-state index in [1.165, 1.54) is 0 Å². The van der Waals surface area contributed by atoms with E-state index in [4.69, 9.17) is 0 Å². The molecule has 0 atom stereocenters. The van der Waals surface area contributed by atoms with Gasteiger partial charge in [-0.3, -0.25) is 0 Å². The Labute approximate surface area is 122 Å². The maximum atomic E-state index is 4.50. The minimum Gasteiger partial charge on any atom is -0.0754 e. The molecule has 0 aromatic heterocycles. The van der Waals surface area contributed by atoms with E-state index in [1.54, 1.807) is 0 Å². The van der Waals surface area contributed by atoms with Crippen LogP contribution in [0.2, 0.25) is 62.8 Å². The zero-order valence-corrected chi connectivity index (χ0v) is 20.0. The summed E-state index contributed by atoms with van der Waals surface area (Å²) in [5, 5.41) is 0. The van der Waals surface area contributed by atoms with Crippen molar-refractivity contribution in [2.75, 3.05) is 0 Å². The Bertz CT molecular complexity index is 219. The monoisotopic (exact) mass is 343 g/mol. The molecule has 95 valence electrons. The summed E-state index contributed by atoms with van der Waals surface area (Å²) in [7, 11) is 4.48. The molecule has 0 saturated heterocycles. The highest BCUT2D eigenvalue weighted by molar-refractivity contribution is 7.52. The van der Waals surface area contributed by atoms with Crippen LogP contribution >= 0.6 is 0 Å². The SMILES string of the molecule is C[Si][Si](C)(C)C([Si])([Si](C)(C)[Si]C)[Si](C)(C)[Si]C. The molecule has 0 N–H and O–H groups in total. The van der Waals surface area contributed by atoms with Crippen LogP contribution in [0.5, 0.6) is 0 Å². The third-order valence-electron chi connectivity index (χ3n) is 4.69. The van der Waals surface area contributed by atoms with Crippen molar-refractivity contribution in [1.29, 1.82) is 0 Å². The maximum absolute atomic E-state index is 4.50. The molecule has 0 heterocycles. The number of hydrogen-bond acceptors (Lipinski definition) is 0. The minimum atomic E-state index is -1.17. The van der Waals surface area contributed by atoms with Gasteiger partial charge in [-0.2, -0.15) is 0 Å². The summed E-state index contributed by atoms with van der Waals surface area (Å²) in [6, 6.07) is 0.